The first-order valence-corrected chi connectivity index (χ1v) is 6.30. The van der Waals surface area contributed by atoms with Crippen LogP contribution in [0.25, 0.3) is 5.52 Å². The SMILES string of the molecule is CCOC(=O)C(C(=O)OCC)c1nccn2nccc12. The van der Waals surface area contributed by atoms with Gasteiger partial charge in [0, 0.05) is 12.4 Å². The van der Waals surface area contributed by atoms with Gasteiger partial charge >= 0.3 is 11.9 Å². The van der Waals surface area contributed by atoms with E-state index in [0.29, 0.717) is 5.52 Å². The van der Waals surface area contributed by atoms with Gasteiger partial charge in [-0.25, -0.2) is 4.52 Å². The molecule has 0 aliphatic rings. The average molecular weight is 277 g/mol. The highest BCUT2D eigenvalue weighted by atomic mass is 16.6. The van der Waals surface area contributed by atoms with E-state index in [-0.39, 0.29) is 18.9 Å². The van der Waals surface area contributed by atoms with Crippen LogP contribution in [0.5, 0.6) is 0 Å². The van der Waals surface area contributed by atoms with Crippen LogP contribution in [0, 0.1) is 0 Å². The van der Waals surface area contributed by atoms with Crippen molar-refractivity contribution < 1.29 is 19.1 Å². The van der Waals surface area contributed by atoms with Gasteiger partial charge in [-0.3, -0.25) is 14.6 Å². The van der Waals surface area contributed by atoms with Gasteiger partial charge in [-0.1, -0.05) is 0 Å². The molecule has 0 atom stereocenters. The summed E-state index contributed by atoms with van der Waals surface area (Å²) in [7, 11) is 0. The first-order valence-electron chi connectivity index (χ1n) is 6.30. The maximum Gasteiger partial charge on any atom is 0.326 e. The Morgan fingerprint density at radius 3 is 2.45 bits per heavy atom. The number of aromatic nitrogens is 3. The largest absolute Gasteiger partial charge is 0.465 e. The fourth-order valence-corrected chi connectivity index (χ4v) is 1.87. The third-order valence-electron chi connectivity index (χ3n) is 2.67. The fourth-order valence-electron chi connectivity index (χ4n) is 1.87. The molecule has 7 nitrogen and oxygen atoms in total. The molecule has 0 aromatic carbocycles. The summed E-state index contributed by atoms with van der Waals surface area (Å²) in [5.74, 6) is -2.55. The topological polar surface area (TPSA) is 82.8 Å². The monoisotopic (exact) mass is 277 g/mol. The lowest BCUT2D eigenvalue weighted by Crippen LogP contribution is -2.27. The van der Waals surface area contributed by atoms with E-state index in [4.69, 9.17) is 9.47 Å². The Kier molecular flexibility index (Phi) is 4.29. The van der Waals surface area contributed by atoms with E-state index >= 15 is 0 Å². The number of hydrogen-bond acceptors (Lipinski definition) is 6. The van der Waals surface area contributed by atoms with Gasteiger partial charge in [0.05, 0.1) is 30.6 Å². The Balaban J connectivity index is 2.47. The Morgan fingerprint density at radius 1 is 1.20 bits per heavy atom. The van der Waals surface area contributed by atoms with Crippen molar-refractivity contribution in [2.75, 3.05) is 13.2 Å². The van der Waals surface area contributed by atoms with Gasteiger partial charge in [0.2, 0.25) is 0 Å². The molecule has 0 bridgehead atoms. The van der Waals surface area contributed by atoms with Crippen molar-refractivity contribution in [3.63, 3.8) is 0 Å². The quantitative estimate of drug-likeness (QED) is 0.597. The number of esters is 2. The molecular weight excluding hydrogens is 262 g/mol. The molecule has 0 fully saturated rings. The van der Waals surface area contributed by atoms with E-state index in [1.165, 1.54) is 10.7 Å². The molecular formula is C13H15N3O4. The van der Waals surface area contributed by atoms with Gasteiger partial charge in [-0.2, -0.15) is 5.10 Å². The van der Waals surface area contributed by atoms with E-state index in [0.717, 1.165) is 0 Å². The molecule has 0 saturated heterocycles. The summed E-state index contributed by atoms with van der Waals surface area (Å²) in [6.45, 7) is 3.70. The van der Waals surface area contributed by atoms with E-state index in [1.807, 2.05) is 0 Å². The van der Waals surface area contributed by atoms with Gasteiger partial charge < -0.3 is 9.47 Å². The summed E-state index contributed by atoms with van der Waals surface area (Å²) in [4.78, 5) is 28.2. The van der Waals surface area contributed by atoms with Crippen LogP contribution in [0.1, 0.15) is 25.5 Å². The Bertz CT molecular complexity index is 605. The highest BCUT2D eigenvalue weighted by Gasteiger charge is 2.34. The standard InChI is InChI=1S/C13H15N3O4/c1-3-19-12(17)10(13(18)20-4-2)11-9-5-6-15-16(9)8-7-14-11/h5-8,10H,3-4H2,1-2H3. The zero-order valence-electron chi connectivity index (χ0n) is 11.3. The van der Waals surface area contributed by atoms with Crippen molar-refractivity contribution in [2.24, 2.45) is 0 Å². The normalized spacial score (nSPS) is 10.8. The molecule has 0 N–H and O–H groups in total. The predicted molar refractivity (Wildman–Crippen MR) is 69.0 cm³/mol. The molecule has 0 radical (unpaired) electrons. The predicted octanol–water partition coefficient (Wildman–Crippen LogP) is 0.939. The van der Waals surface area contributed by atoms with Crippen LogP contribution in [-0.2, 0) is 19.1 Å². The number of fused-ring (bicyclic) bond motifs is 1. The minimum atomic E-state index is -1.20. The number of ether oxygens (including phenoxy) is 2. The van der Waals surface area contributed by atoms with Gasteiger partial charge in [0.25, 0.3) is 0 Å². The zero-order chi connectivity index (χ0) is 14.5. The summed E-state index contributed by atoms with van der Waals surface area (Å²) < 4.78 is 11.4. The van der Waals surface area contributed by atoms with E-state index in [9.17, 15) is 9.59 Å². The lowest BCUT2D eigenvalue weighted by Gasteiger charge is -2.14. The second-order valence-electron chi connectivity index (χ2n) is 3.91. The fraction of sp³-hybridized carbons (Fsp3) is 0.385. The summed E-state index contributed by atoms with van der Waals surface area (Å²) in [6, 6.07) is 1.67. The van der Waals surface area contributed by atoms with E-state index < -0.39 is 17.9 Å². The summed E-state index contributed by atoms with van der Waals surface area (Å²) in [6.07, 6.45) is 4.67. The third-order valence-corrected chi connectivity index (χ3v) is 2.67. The van der Waals surface area contributed by atoms with Crippen molar-refractivity contribution in [1.82, 2.24) is 14.6 Å². The molecule has 2 rings (SSSR count). The lowest BCUT2D eigenvalue weighted by atomic mass is 10.0. The highest BCUT2D eigenvalue weighted by Crippen LogP contribution is 2.21. The molecule has 0 aliphatic carbocycles. The van der Waals surface area contributed by atoms with Crippen molar-refractivity contribution in [3.8, 4) is 0 Å². The second-order valence-corrected chi connectivity index (χ2v) is 3.91. The minimum absolute atomic E-state index is 0.178. The maximum atomic E-state index is 12.0. The summed E-state index contributed by atoms with van der Waals surface area (Å²) in [5.41, 5.74) is 0.848. The van der Waals surface area contributed by atoms with Crippen LogP contribution < -0.4 is 0 Å². The Morgan fingerprint density at radius 2 is 1.85 bits per heavy atom. The number of nitrogens with zero attached hydrogens (tertiary/aromatic N) is 3. The van der Waals surface area contributed by atoms with Gasteiger partial charge in [-0.05, 0) is 19.9 Å². The second kappa shape index (κ2) is 6.14. The van der Waals surface area contributed by atoms with Crippen LogP contribution in [0.4, 0.5) is 0 Å². The third kappa shape index (κ3) is 2.61. The molecule has 2 aromatic heterocycles. The molecule has 0 spiro atoms. The molecule has 7 heteroatoms. The molecule has 0 aliphatic heterocycles. The van der Waals surface area contributed by atoms with Crippen LogP contribution >= 0.6 is 0 Å². The molecule has 2 aromatic rings. The summed E-state index contributed by atoms with van der Waals surface area (Å²) in [5, 5.41) is 4.04. The first kappa shape index (κ1) is 14.0. The summed E-state index contributed by atoms with van der Waals surface area (Å²) >= 11 is 0. The lowest BCUT2D eigenvalue weighted by molar-refractivity contribution is -0.157. The number of hydrogen-bond donors (Lipinski definition) is 0. The molecule has 0 amide bonds. The van der Waals surface area contributed by atoms with Gasteiger partial charge in [0.15, 0.2) is 5.92 Å². The Hall–Kier alpha value is -2.44. The molecule has 2 heterocycles. The molecule has 106 valence electrons. The highest BCUT2D eigenvalue weighted by molar-refractivity contribution is 6.01. The van der Waals surface area contributed by atoms with Crippen molar-refractivity contribution in [2.45, 2.75) is 19.8 Å². The number of rotatable bonds is 5. The van der Waals surface area contributed by atoms with Gasteiger partial charge in [-0.15, -0.1) is 0 Å². The van der Waals surface area contributed by atoms with Crippen molar-refractivity contribution in [3.05, 3.63) is 30.4 Å². The van der Waals surface area contributed by atoms with Gasteiger partial charge in [0.1, 0.15) is 0 Å². The van der Waals surface area contributed by atoms with E-state index in [2.05, 4.69) is 10.1 Å². The first-order chi connectivity index (χ1) is 9.69. The molecule has 20 heavy (non-hydrogen) atoms. The molecule has 0 unspecified atom stereocenters. The van der Waals surface area contributed by atoms with Crippen molar-refractivity contribution in [1.29, 1.82) is 0 Å². The number of carbonyl (C=O) groups is 2. The molecule has 0 saturated carbocycles. The van der Waals surface area contributed by atoms with Crippen LogP contribution in [-0.4, -0.2) is 39.8 Å². The smallest absolute Gasteiger partial charge is 0.326 e. The van der Waals surface area contributed by atoms with E-state index in [1.54, 1.807) is 32.3 Å². The Labute approximate surface area is 115 Å². The number of carbonyl (C=O) groups excluding carboxylic acids is 2. The van der Waals surface area contributed by atoms with Crippen LogP contribution in [0.3, 0.4) is 0 Å². The maximum absolute atomic E-state index is 12.0. The van der Waals surface area contributed by atoms with Crippen LogP contribution in [0.2, 0.25) is 0 Å². The minimum Gasteiger partial charge on any atom is -0.465 e. The van der Waals surface area contributed by atoms with Crippen molar-refractivity contribution >= 4 is 17.5 Å². The zero-order valence-corrected chi connectivity index (χ0v) is 11.3. The van der Waals surface area contributed by atoms with Crippen LogP contribution in [0.15, 0.2) is 24.7 Å². The average Bonchev–Trinajstić information content (AvgIpc) is 2.89.